The van der Waals surface area contributed by atoms with Crippen molar-refractivity contribution >= 4 is 33.6 Å². The summed E-state index contributed by atoms with van der Waals surface area (Å²) in [6, 6.07) is 3.45. The molecular weight excluding hydrogens is 383 g/mol. The lowest BCUT2D eigenvalue weighted by Crippen LogP contribution is -2.17. The molecule has 0 fully saturated rings. The van der Waals surface area contributed by atoms with E-state index < -0.39 is 30.2 Å². The Kier molecular flexibility index (Phi) is 6.74. The molecular formula is C14H13BrF3NO4. The van der Waals surface area contributed by atoms with E-state index in [1.807, 2.05) is 0 Å². The molecule has 5 nitrogen and oxygen atoms in total. The van der Waals surface area contributed by atoms with Crippen LogP contribution in [0.15, 0.2) is 27.7 Å². The Morgan fingerprint density at radius 2 is 1.96 bits per heavy atom. The third-order valence-electron chi connectivity index (χ3n) is 2.64. The van der Waals surface area contributed by atoms with E-state index in [0.717, 1.165) is 20.1 Å². The third kappa shape index (κ3) is 6.01. The van der Waals surface area contributed by atoms with Crippen molar-refractivity contribution in [1.29, 1.82) is 0 Å². The molecule has 0 aliphatic carbocycles. The molecule has 0 heterocycles. The predicted molar refractivity (Wildman–Crippen MR) is 79.2 cm³/mol. The number of ether oxygens (including phenoxy) is 2. The van der Waals surface area contributed by atoms with Gasteiger partial charge in [-0.1, -0.05) is 22.0 Å². The van der Waals surface area contributed by atoms with Gasteiger partial charge in [0.25, 0.3) is 0 Å². The maximum Gasteiger partial charge on any atom is 0.417 e. The van der Waals surface area contributed by atoms with Gasteiger partial charge in [-0.2, -0.15) is 13.2 Å². The van der Waals surface area contributed by atoms with Crippen LogP contribution in [-0.2, 0) is 25.2 Å². The van der Waals surface area contributed by atoms with E-state index in [9.17, 15) is 22.8 Å². The zero-order valence-corrected chi connectivity index (χ0v) is 13.8. The lowest BCUT2D eigenvalue weighted by atomic mass is 10.1. The van der Waals surface area contributed by atoms with E-state index in [4.69, 9.17) is 4.74 Å². The molecule has 1 rings (SSSR count). The van der Waals surface area contributed by atoms with Crippen LogP contribution < -0.4 is 0 Å². The van der Waals surface area contributed by atoms with Gasteiger partial charge in [0, 0.05) is 11.4 Å². The first-order valence-corrected chi connectivity index (χ1v) is 7.05. The highest BCUT2D eigenvalue weighted by molar-refractivity contribution is 9.10. The van der Waals surface area contributed by atoms with Gasteiger partial charge in [-0.15, -0.1) is 0 Å². The summed E-state index contributed by atoms with van der Waals surface area (Å²) in [7, 11) is 1.16. The zero-order chi connectivity index (χ0) is 17.6. The number of hydrogen-bond acceptors (Lipinski definition) is 5. The summed E-state index contributed by atoms with van der Waals surface area (Å²) < 4.78 is 47.9. The molecule has 0 aliphatic rings. The number of aliphatic imine (C=N–C) groups is 1. The molecule has 0 N–H and O–H groups in total. The van der Waals surface area contributed by atoms with Gasteiger partial charge in [-0.3, -0.25) is 14.6 Å². The second kappa shape index (κ2) is 8.09. The normalized spacial score (nSPS) is 12.0. The first-order valence-electron chi connectivity index (χ1n) is 6.25. The molecule has 23 heavy (non-hydrogen) atoms. The van der Waals surface area contributed by atoms with Crippen molar-refractivity contribution in [3.8, 4) is 0 Å². The average Bonchev–Trinajstić information content (AvgIpc) is 2.46. The second-order valence-electron chi connectivity index (χ2n) is 4.31. The Hall–Kier alpha value is -1.90. The van der Waals surface area contributed by atoms with Crippen LogP contribution in [0.1, 0.15) is 18.1 Å². The van der Waals surface area contributed by atoms with E-state index in [-0.39, 0.29) is 22.4 Å². The van der Waals surface area contributed by atoms with Gasteiger partial charge < -0.3 is 9.47 Å². The van der Waals surface area contributed by atoms with Crippen LogP contribution in [0.4, 0.5) is 13.2 Å². The summed E-state index contributed by atoms with van der Waals surface area (Å²) in [5.74, 6) is -1.29. The SMILES string of the molecule is COC(=O)CN=C(COC(C)=O)c1ccc(Br)c(C(F)(F)F)c1. The van der Waals surface area contributed by atoms with Gasteiger partial charge in [-0.05, 0) is 17.7 Å². The standard InChI is InChI=1S/C14H13BrF3NO4/c1-8(20)23-7-12(19-6-13(21)22-2)9-3-4-11(15)10(5-9)14(16,17)18/h3-5H,6-7H2,1-2H3. The Balaban J connectivity index is 3.20. The van der Waals surface area contributed by atoms with Crippen molar-refractivity contribution in [1.82, 2.24) is 0 Å². The minimum absolute atomic E-state index is 0.0311. The lowest BCUT2D eigenvalue weighted by Gasteiger charge is -2.13. The van der Waals surface area contributed by atoms with Crippen LogP contribution in [0.2, 0.25) is 0 Å². The number of carbonyl (C=O) groups is 2. The smallest absolute Gasteiger partial charge is 0.417 e. The number of hydrogen-bond donors (Lipinski definition) is 0. The minimum atomic E-state index is -4.57. The van der Waals surface area contributed by atoms with Gasteiger partial charge in [0.2, 0.25) is 0 Å². The number of esters is 2. The molecule has 0 atom stereocenters. The molecule has 0 spiro atoms. The van der Waals surface area contributed by atoms with E-state index in [2.05, 4.69) is 25.7 Å². The number of alkyl halides is 3. The van der Waals surface area contributed by atoms with Crippen LogP contribution in [-0.4, -0.2) is 37.9 Å². The number of nitrogens with zero attached hydrogens (tertiary/aromatic N) is 1. The van der Waals surface area contributed by atoms with Crippen molar-refractivity contribution in [2.24, 2.45) is 4.99 Å². The third-order valence-corrected chi connectivity index (χ3v) is 3.34. The molecule has 0 unspecified atom stereocenters. The van der Waals surface area contributed by atoms with Gasteiger partial charge >= 0.3 is 18.1 Å². The summed E-state index contributed by atoms with van der Waals surface area (Å²) in [5.41, 5.74) is -0.780. The van der Waals surface area contributed by atoms with Gasteiger partial charge in [-0.25, -0.2) is 0 Å². The summed E-state index contributed by atoms with van der Waals surface area (Å²) in [6.07, 6.45) is -4.57. The highest BCUT2D eigenvalue weighted by Gasteiger charge is 2.33. The quantitative estimate of drug-likeness (QED) is 0.567. The highest BCUT2D eigenvalue weighted by atomic mass is 79.9. The summed E-state index contributed by atoms with van der Waals surface area (Å²) in [4.78, 5) is 25.9. The molecule has 126 valence electrons. The molecule has 0 saturated heterocycles. The number of rotatable bonds is 5. The van der Waals surface area contributed by atoms with Gasteiger partial charge in [0.05, 0.1) is 18.4 Å². The highest BCUT2D eigenvalue weighted by Crippen LogP contribution is 2.35. The zero-order valence-electron chi connectivity index (χ0n) is 12.2. The summed E-state index contributed by atoms with van der Waals surface area (Å²) in [6.45, 7) is 0.399. The Morgan fingerprint density at radius 3 is 2.48 bits per heavy atom. The number of carbonyl (C=O) groups excluding carboxylic acids is 2. The van der Waals surface area contributed by atoms with E-state index in [0.29, 0.717) is 0 Å². The monoisotopic (exact) mass is 395 g/mol. The van der Waals surface area contributed by atoms with Crippen molar-refractivity contribution in [3.05, 3.63) is 33.8 Å². The van der Waals surface area contributed by atoms with E-state index >= 15 is 0 Å². The lowest BCUT2D eigenvalue weighted by molar-refractivity contribution is -0.139. The number of halogens is 4. The molecule has 0 aromatic heterocycles. The molecule has 0 radical (unpaired) electrons. The van der Waals surface area contributed by atoms with Crippen molar-refractivity contribution in [2.45, 2.75) is 13.1 Å². The minimum Gasteiger partial charge on any atom is -0.468 e. The molecule has 0 saturated carbocycles. The molecule has 1 aromatic carbocycles. The van der Waals surface area contributed by atoms with Gasteiger partial charge in [0.1, 0.15) is 13.2 Å². The molecule has 0 bridgehead atoms. The first kappa shape index (κ1) is 19.1. The maximum atomic E-state index is 12.9. The second-order valence-corrected chi connectivity index (χ2v) is 5.17. The number of benzene rings is 1. The first-order chi connectivity index (χ1) is 10.6. The van der Waals surface area contributed by atoms with Crippen LogP contribution in [0, 0.1) is 0 Å². The van der Waals surface area contributed by atoms with Crippen LogP contribution in [0.3, 0.4) is 0 Å². The predicted octanol–water partition coefficient (Wildman–Crippen LogP) is 2.99. The maximum absolute atomic E-state index is 12.9. The molecule has 0 aliphatic heterocycles. The van der Waals surface area contributed by atoms with E-state index in [1.54, 1.807) is 0 Å². The molecule has 0 amide bonds. The van der Waals surface area contributed by atoms with Crippen LogP contribution in [0.5, 0.6) is 0 Å². The molecule has 9 heteroatoms. The fourth-order valence-corrected chi connectivity index (χ4v) is 2.01. The summed E-state index contributed by atoms with van der Waals surface area (Å²) in [5, 5.41) is 0. The van der Waals surface area contributed by atoms with Crippen molar-refractivity contribution in [3.63, 3.8) is 0 Å². The van der Waals surface area contributed by atoms with Crippen molar-refractivity contribution in [2.75, 3.05) is 20.3 Å². The average molecular weight is 396 g/mol. The number of methoxy groups -OCH3 is 1. The van der Waals surface area contributed by atoms with Crippen LogP contribution in [0.25, 0.3) is 0 Å². The fraction of sp³-hybridized carbons (Fsp3) is 0.357. The summed E-state index contributed by atoms with van der Waals surface area (Å²) >= 11 is 2.83. The largest absolute Gasteiger partial charge is 0.468 e. The Labute approximate surface area is 138 Å². The molecule has 1 aromatic rings. The topological polar surface area (TPSA) is 65.0 Å². The Bertz CT molecular complexity index is 629. The fourth-order valence-electron chi connectivity index (χ4n) is 1.54. The Morgan fingerprint density at radius 1 is 1.30 bits per heavy atom. The van der Waals surface area contributed by atoms with Crippen molar-refractivity contribution < 1.29 is 32.2 Å². The van der Waals surface area contributed by atoms with Crippen LogP contribution >= 0.6 is 15.9 Å². The van der Waals surface area contributed by atoms with E-state index in [1.165, 1.54) is 12.1 Å². The van der Waals surface area contributed by atoms with Gasteiger partial charge in [0.15, 0.2) is 0 Å².